The van der Waals surface area contributed by atoms with E-state index in [1.54, 1.807) is 14.2 Å². The van der Waals surface area contributed by atoms with Gasteiger partial charge in [-0.1, -0.05) is 77.9 Å². The molecule has 8 heteroatoms. The van der Waals surface area contributed by atoms with Gasteiger partial charge in [0.2, 0.25) is 0 Å². The van der Waals surface area contributed by atoms with Crippen molar-refractivity contribution in [2.45, 2.75) is 103 Å². The van der Waals surface area contributed by atoms with Crippen molar-refractivity contribution in [1.82, 2.24) is 5.32 Å². The van der Waals surface area contributed by atoms with E-state index in [1.165, 1.54) is 0 Å². The molecule has 2 aromatic carbocycles. The second-order valence-corrected chi connectivity index (χ2v) is 23.3. The zero-order chi connectivity index (χ0) is 30.5. The lowest BCUT2D eigenvalue weighted by molar-refractivity contribution is -0.132. The summed E-state index contributed by atoms with van der Waals surface area (Å²) in [6.45, 7) is 24.7. The number of ether oxygens (including phenoxy) is 2. The Hall–Kier alpha value is -2.14. The molecule has 0 aliphatic rings. The van der Waals surface area contributed by atoms with Gasteiger partial charge in [-0.3, -0.25) is 4.79 Å². The van der Waals surface area contributed by atoms with E-state index in [-0.39, 0.29) is 22.0 Å². The summed E-state index contributed by atoms with van der Waals surface area (Å²) in [5.74, 6) is 1.34. The molecule has 6 nitrogen and oxygen atoms in total. The SMILES string of the molecule is COc1c(C)cc(CC(CO[Si](C)(C)C(C)(C)C)NC(=O)[C@@H](OC)c2ccccc2)cc1O[Si](C)(C)C(C)(C)C. The molecule has 0 aliphatic carbocycles. The maximum absolute atomic E-state index is 13.5. The molecule has 0 spiro atoms. The maximum atomic E-state index is 13.5. The normalized spacial score (nSPS) is 14.4. The number of aryl methyl sites for hydroxylation is 1. The van der Waals surface area contributed by atoms with Crippen molar-refractivity contribution in [2.24, 2.45) is 0 Å². The number of rotatable bonds is 12. The first-order chi connectivity index (χ1) is 18.3. The summed E-state index contributed by atoms with van der Waals surface area (Å²) in [4.78, 5) is 13.5. The molecule has 40 heavy (non-hydrogen) atoms. The first-order valence-corrected chi connectivity index (χ1v) is 20.0. The van der Waals surface area contributed by atoms with Gasteiger partial charge in [0.05, 0.1) is 19.8 Å². The summed E-state index contributed by atoms with van der Waals surface area (Å²) in [6.07, 6.45) is -0.115. The van der Waals surface area contributed by atoms with E-state index in [9.17, 15) is 4.79 Å². The quantitative estimate of drug-likeness (QED) is 0.256. The smallest absolute Gasteiger partial charge is 0.254 e. The van der Waals surface area contributed by atoms with Crippen LogP contribution in [-0.2, 0) is 20.4 Å². The van der Waals surface area contributed by atoms with Crippen molar-refractivity contribution in [3.63, 3.8) is 0 Å². The number of hydrogen-bond donors (Lipinski definition) is 1. The van der Waals surface area contributed by atoms with Crippen LogP contribution in [0, 0.1) is 6.92 Å². The van der Waals surface area contributed by atoms with Gasteiger partial charge < -0.3 is 23.6 Å². The Morgan fingerprint density at radius 2 is 1.48 bits per heavy atom. The molecule has 2 rings (SSSR count). The average molecular weight is 588 g/mol. The highest BCUT2D eigenvalue weighted by Crippen LogP contribution is 2.42. The van der Waals surface area contributed by atoms with Gasteiger partial charge in [0.15, 0.2) is 20.2 Å². The van der Waals surface area contributed by atoms with Crippen molar-refractivity contribution in [2.75, 3.05) is 20.8 Å². The number of hydrogen-bond acceptors (Lipinski definition) is 5. The lowest BCUT2D eigenvalue weighted by Gasteiger charge is -2.38. The fourth-order valence-electron chi connectivity index (χ4n) is 3.96. The zero-order valence-corrected chi connectivity index (χ0v) is 29.2. The van der Waals surface area contributed by atoms with E-state index in [0.717, 1.165) is 28.2 Å². The Morgan fingerprint density at radius 1 is 0.900 bits per heavy atom. The van der Waals surface area contributed by atoms with Crippen molar-refractivity contribution in [1.29, 1.82) is 0 Å². The highest BCUT2D eigenvalue weighted by atomic mass is 28.4. The lowest BCUT2D eigenvalue weighted by atomic mass is 10.0. The van der Waals surface area contributed by atoms with Crippen molar-refractivity contribution >= 4 is 22.5 Å². The van der Waals surface area contributed by atoms with Crippen LogP contribution < -0.4 is 14.5 Å². The molecular formula is C32H53NO5Si2. The second kappa shape index (κ2) is 13.2. The van der Waals surface area contributed by atoms with E-state index < -0.39 is 22.7 Å². The zero-order valence-electron chi connectivity index (χ0n) is 27.2. The molecule has 2 aromatic rings. The average Bonchev–Trinajstić information content (AvgIpc) is 2.82. The van der Waals surface area contributed by atoms with Gasteiger partial charge in [-0.25, -0.2) is 0 Å². The van der Waals surface area contributed by atoms with E-state index in [1.807, 2.05) is 37.3 Å². The largest absolute Gasteiger partial charge is 0.541 e. The Kier molecular flexibility index (Phi) is 11.3. The molecule has 0 fully saturated rings. The lowest BCUT2D eigenvalue weighted by Crippen LogP contribution is -2.48. The summed E-state index contributed by atoms with van der Waals surface area (Å²) in [5.41, 5.74) is 2.88. The van der Waals surface area contributed by atoms with Gasteiger partial charge >= 0.3 is 0 Å². The Labute approximate surface area is 245 Å². The third-order valence-electron chi connectivity index (χ3n) is 8.53. The first kappa shape index (κ1) is 34.1. The van der Waals surface area contributed by atoms with Crippen LogP contribution in [0.4, 0.5) is 0 Å². The second-order valence-electron chi connectivity index (χ2n) is 13.8. The van der Waals surface area contributed by atoms with Gasteiger partial charge in [-0.15, -0.1) is 0 Å². The van der Waals surface area contributed by atoms with Gasteiger partial charge in [-0.05, 0) is 72.4 Å². The molecule has 224 valence electrons. The minimum absolute atomic E-state index is 0.0437. The molecule has 1 N–H and O–H groups in total. The summed E-state index contributed by atoms with van der Waals surface area (Å²) >= 11 is 0. The molecule has 0 radical (unpaired) electrons. The van der Waals surface area contributed by atoms with E-state index in [2.05, 4.69) is 85.2 Å². The summed E-state index contributed by atoms with van der Waals surface area (Å²) in [6, 6.07) is 13.5. The minimum atomic E-state index is -2.11. The fraction of sp³-hybridized carbons (Fsp3) is 0.594. The maximum Gasteiger partial charge on any atom is 0.254 e. The van der Waals surface area contributed by atoms with Gasteiger partial charge in [0.25, 0.3) is 14.2 Å². The highest BCUT2D eigenvalue weighted by Gasteiger charge is 2.40. The topological polar surface area (TPSA) is 66.0 Å². The molecular weight excluding hydrogens is 535 g/mol. The van der Waals surface area contributed by atoms with Gasteiger partial charge in [0.1, 0.15) is 5.75 Å². The van der Waals surface area contributed by atoms with Crippen molar-refractivity contribution < 1.29 is 23.1 Å². The Bertz CT molecular complexity index is 1120. The van der Waals surface area contributed by atoms with Crippen LogP contribution in [-0.4, -0.2) is 49.4 Å². The molecule has 0 bridgehead atoms. The number of nitrogens with one attached hydrogen (secondary N) is 1. The third-order valence-corrected chi connectivity index (χ3v) is 17.4. The standard InChI is InChI=1S/C32H53NO5Si2/c1-23-19-24(21-27(28(23)35-8)38-40(12,13)32(5,6)7)20-26(22-37-39(10,11)31(2,3)4)33-30(34)29(36-9)25-17-15-14-16-18-25/h14-19,21,26,29H,20,22H2,1-13H3,(H,33,34)/t26?,29-/m0/s1. The Morgan fingerprint density at radius 3 is 1.98 bits per heavy atom. The predicted molar refractivity (Wildman–Crippen MR) is 171 cm³/mol. The molecule has 1 unspecified atom stereocenters. The molecule has 1 amide bonds. The van der Waals surface area contributed by atoms with Crippen LogP contribution in [0.1, 0.15) is 64.3 Å². The van der Waals surface area contributed by atoms with Crippen LogP contribution in [0.2, 0.25) is 36.3 Å². The summed E-state index contributed by atoms with van der Waals surface area (Å²) in [7, 11) is -0.905. The number of carbonyl (C=O) groups excluding carboxylic acids is 1. The van der Waals surface area contributed by atoms with Crippen LogP contribution in [0.5, 0.6) is 11.5 Å². The number of carbonyl (C=O) groups is 1. The number of benzene rings is 2. The first-order valence-electron chi connectivity index (χ1n) is 14.2. The molecule has 0 aromatic heterocycles. The molecule has 0 saturated carbocycles. The van der Waals surface area contributed by atoms with E-state index in [4.69, 9.17) is 18.3 Å². The molecule has 0 saturated heterocycles. The molecule has 2 atom stereocenters. The van der Waals surface area contributed by atoms with Crippen molar-refractivity contribution in [3.05, 3.63) is 59.2 Å². The summed E-state index contributed by atoms with van der Waals surface area (Å²) < 4.78 is 24.7. The van der Waals surface area contributed by atoms with Crippen LogP contribution in [0.3, 0.4) is 0 Å². The third kappa shape index (κ3) is 8.68. The fourth-order valence-corrected chi connectivity index (χ4v) is 6.02. The van der Waals surface area contributed by atoms with Gasteiger partial charge in [0, 0.05) is 7.11 Å². The number of amides is 1. The van der Waals surface area contributed by atoms with Crippen molar-refractivity contribution in [3.8, 4) is 11.5 Å². The number of methoxy groups -OCH3 is 2. The van der Waals surface area contributed by atoms with E-state index in [0.29, 0.717) is 13.0 Å². The van der Waals surface area contributed by atoms with Gasteiger partial charge in [-0.2, -0.15) is 0 Å². The van der Waals surface area contributed by atoms with Crippen LogP contribution in [0.15, 0.2) is 42.5 Å². The molecule has 0 heterocycles. The summed E-state index contributed by atoms with van der Waals surface area (Å²) in [5, 5.41) is 3.35. The monoisotopic (exact) mass is 587 g/mol. The van der Waals surface area contributed by atoms with Crippen LogP contribution >= 0.6 is 0 Å². The predicted octanol–water partition coefficient (Wildman–Crippen LogP) is 7.82. The van der Waals surface area contributed by atoms with E-state index >= 15 is 0 Å². The van der Waals surface area contributed by atoms with Crippen LogP contribution in [0.25, 0.3) is 0 Å². The minimum Gasteiger partial charge on any atom is -0.541 e. The Balaban J connectivity index is 2.43. The highest BCUT2D eigenvalue weighted by molar-refractivity contribution is 6.75. The molecule has 0 aliphatic heterocycles.